The molecule has 0 radical (unpaired) electrons. The number of rotatable bonds is 3. The Bertz CT molecular complexity index is 963. The Balaban J connectivity index is 1.75. The molecule has 7 nitrogen and oxygen atoms in total. The minimum Gasteiger partial charge on any atom is -0.506 e. The van der Waals surface area contributed by atoms with Crippen LogP contribution in [0.5, 0.6) is 5.75 Å². The molecular formula is C19H17N5O2S. The predicted molar refractivity (Wildman–Crippen MR) is 108 cm³/mol. The van der Waals surface area contributed by atoms with Crippen molar-refractivity contribution in [3.63, 3.8) is 0 Å². The topological polar surface area (TPSA) is 110 Å². The maximum absolute atomic E-state index is 11.4. The number of hydrazone groups is 1. The number of nitriles is 1. The third kappa shape index (κ3) is 4.40. The van der Waals surface area contributed by atoms with Gasteiger partial charge in [-0.1, -0.05) is 6.92 Å². The van der Waals surface area contributed by atoms with Gasteiger partial charge in [0.05, 0.1) is 23.0 Å². The third-order valence-electron chi connectivity index (χ3n) is 4.07. The van der Waals surface area contributed by atoms with Crippen molar-refractivity contribution >= 4 is 40.3 Å². The van der Waals surface area contributed by atoms with Crippen LogP contribution >= 0.6 is 12.2 Å². The van der Waals surface area contributed by atoms with Crippen LogP contribution in [-0.4, -0.2) is 21.8 Å². The van der Waals surface area contributed by atoms with E-state index >= 15 is 0 Å². The van der Waals surface area contributed by atoms with Crippen LogP contribution in [0.15, 0.2) is 47.6 Å². The number of benzene rings is 2. The molecule has 1 unspecified atom stereocenters. The molecule has 2 aromatic rings. The van der Waals surface area contributed by atoms with Gasteiger partial charge in [-0.2, -0.15) is 10.4 Å². The number of amides is 1. The first-order chi connectivity index (χ1) is 13.0. The van der Waals surface area contributed by atoms with Gasteiger partial charge in [-0.25, -0.2) is 5.43 Å². The number of thiocarbonyl (C=S) groups is 1. The number of carbonyl (C=O) groups excluding carboxylic acids is 1. The van der Waals surface area contributed by atoms with Crippen LogP contribution in [0.4, 0.5) is 11.4 Å². The van der Waals surface area contributed by atoms with Crippen molar-refractivity contribution < 1.29 is 9.90 Å². The third-order valence-corrected chi connectivity index (χ3v) is 4.28. The smallest absolute Gasteiger partial charge is 0.240 e. The van der Waals surface area contributed by atoms with Crippen molar-refractivity contribution in [3.8, 4) is 11.8 Å². The second kappa shape index (κ2) is 7.85. The van der Waals surface area contributed by atoms with E-state index in [1.54, 1.807) is 42.5 Å². The molecule has 1 atom stereocenters. The van der Waals surface area contributed by atoms with Crippen molar-refractivity contribution in [1.29, 1.82) is 5.26 Å². The van der Waals surface area contributed by atoms with Crippen LogP contribution in [0.3, 0.4) is 0 Å². The van der Waals surface area contributed by atoms with Gasteiger partial charge in [-0.3, -0.25) is 4.79 Å². The highest BCUT2D eigenvalue weighted by Gasteiger charge is 2.22. The van der Waals surface area contributed by atoms with Crippen molar-refractivity contribution in [2.75, 3.05) is 10.6 Å². The molecule has 0 saturated carbocycles. The number of phenols is 1. The molecular weight excluding hydrogens is 362 g/mol. The summed E-state index contributed by atoms with van der Waals surface area (Å²) in [6.07, 6.45) is 0.362. The van der Waals surface area contributed by atoms with Gasteiger partial charge in [0.1, 0.15) is 5.75 Å². The molecule has 0 fully saturated rings. The Morgan fingerprint density at radius 3 is 2.70 bits per heavy atom. The minimum absolute atomic E-state index is 0.0279. The summed E-state index contributed by atoms with van der Waals surface area (Å²) in [5, 5.41) is 29.3. The first kappa shape index (κ1) is 18.4. The van der Waals surface area contributed by atoms with E-state index in [0.29, 0.717) is 22.8 Å². The highest BCUT2D eigenvalue weighted by Crippen LogP contribution is 2.27. The highest BCUT2D eigenvalue weighted by molar-refractivity contribution is 7.80. The second-order valence-electron chi connectivity index (χ2n) is 6.14. The number of phenolic OH excluding ortho intramolecular Hbond substituents is 1. The maximum atomic E-state index is 11.4. The molecule has 0 bridgehead atoms. The molecule has 1 aliphatic rings. The molecule has 0 spiro atoms. The standard InChI is InChI=1S/C19H17N5O2S/c1-11-8-17(26)23-24-18(11)13-4-7-16(25)15(9-13)22-19(27)21-14-5-2-12(10-20)3-6-14/h2-7,9,11,25H,8H2,1H3,(H,23,26)(H2,21,22,27). The Labute approximate surface area is 161 Å². The molecule has 2 aromatic carbocycles. The van der Waals surface area contributed by atoms with E-state index in [-0.39, 0.29) is 17.6 Å². The largest absolute Gasteiger partial charge is 0.506 e. The molecule has 8 heteroatoms. The molecule has 0 saturated heterocycles. The van der Waals surface area contributed by atoms with E-state index in [9.17, 15) is 9.90 Å². The lowest BCUT2D eigenvalue weighted by atomic mass is 9.94. The zero-order chi connectivity index (χ0) is 19.4. The molecule has 27 heavy (non-hydrogen) atoms. The fourth-order valence-electron chi connectivity index (χ4n) is 2.71. The van der Waals surface area contributed by atoms with Crippen molar-refractivity contribution in [3.05, 3.63) is 53.6 Å². The van der Waals surface area contributed by atoms with Gasteiger partial charge in [0.15, 0.2) is 5.11 Å². The van der Waals surface area contributed by atoms with Gasteiger partial charge in [-0.15, -0.1) is 0 Å². The van der Waals surface area contributed by atoms with Crippen LogP contribution in [0.2, 0.25) is 0 Å². The number of aromatic hydroxyl groups is 1. The molecule has 1 amide bonds. The van der Waals surface area contributed by atoms with E-state index in [1.165, 1.54) is 0 Å². The summed E-state index contributed by atoms with van der Waals surface area (Å²) in [5.41, 5.74) is 5.70. The maximum Gasteiger partial charge on any atom is 0.240 e. The van der Waals surface area contributed by atoms with Crippen LogP contribution in [0.1, 0.15) is 24.5 Å². The second-order valence-corrected chi connectivity index (χ2v) is 6.55. The fourth-order valence-corrected chi connectivity index (χ4v) is 2.94. The molecule has 4 N–H and O–H groups in total. The molecule has 0 aliphatic carbocycles. The summed E-state index contributed by atoms with van der Waals surface area (Å²) in [7, 11) is 0. The van der Waals surface area contributed by atoms with Crippen LogP contribution in [0.25, 0.3) is 0 Å². The summed E-state index contributed by atoms with van der Waals surface area (Å²) in [6.45, 7) is 1.93. The zero-order valence-electron chi connectivity index (χ0n) is 14.5. The number of hydrogen-bond acceptors (Lipinski definition) is 5. The van der Waals surface area contributed by atoms with Gasteiger partial charge >= 0.3 is 0 Å². The lowest BCUT2D eigenvalue weighted by molar-refractivity contribution is -0.121. The molecule has 3 rings (SSSR count). The van der Waals surface area contributed by atoms with Gasteiger partial charge in [0.2, 0.25) is 5.91 Å². The highest BCUT2D eigenvalue weighted by atomic mass is 32.1. The minimum atomic E-state index is -0.115. The summed E-state index contributed by atoms with van der Waals surface area (Å²) >= 11 is 5.29. The van der Waals surface area contributed by atoms with Crippen LogP contribution < -0.4 is 16.1 Å². The first-order valence-corrected chi connectivity index (χ1v) is 8.65. The average molecular weight is 379 g/mol. The number of hydrogen-bond donors (Lipinski definition) is 4. The Morgan fingerprint density at radius 2 is 2.04 bits per heavy atom. The Hall–Kier alpha value is -3.44. The fraction of sp³-hybridized carbons (Fsp3) is 0.158. The SMILES string of the molecule is CC1CC(=O)NN=C1c1ccc(O)c(NC(=S)Nc2ccc(C#N)cc2)c1. The van der Waals surface area contributed by atoms with Crippen molar-refractivity contribution in [2.24, 2.45) is 11.0 Å². The van der Waals surface area contributed by atoms with Crippen molar-refractivity contribution in [1.82, 2.24) is 5.43 Å². The number of anilines is 2. The lowest BCUT2D eigenvalue weighted by Gasteiger charge is -2.20. The van der Waals surface area contributed by atoms with Gasteiger partial charge in [-0.05, 0) is 54.7 Å². The molecule has 0 aromatic heterocycles. The average Bonchev–Trinajstić information content (AvgIpc) is 2.64. The van der Waals surface area contributed by atoms with E-state index in [4.69, 9.17) is 17.5 Å². The van der Waals surface area contributed by atoms with E-state index in [2.05, 4.69) is 27.2 Å². The number of nitrogens with one attached hydrogen (secondary N) is 3. The Morgan fingerprint density at radius 1 is 1.30 bits per heavy atom. The van der Waals surface area contributed by atoms with Gasteiger partial charge < -0.3 is 15.7 Å². The summed E-state index contributed by atoms with van der Waals surface area (Å²) in [4.78, 5) is 11.4. The Kier molecular flexibility index (Phi) is 5.33. The van der Waals surface area contributed by atoms with Crippen LogP contribution in [-0.2, 0) is 4.79 Å². The first-order valence-electron chi connectivity index (χ1n) is 8.24. The van der Waals surface area contributed by atoms with E-state index < -0.39 is 0 Å². The number of carbonyl (C=O) groups is 1. The summed E-state index contributed by atoms with van der Waals surface area (Å²) < 4.78 is 0. The zero-order valence-corrected chi connectivity index (χ0v) is 15.3. The van der Waals surface area contributed by atoms with Crippen LogP contribution in [0, 0.1) is 17.2 Å². The molecule has 1 aliphatic heterocycles. The predicted octanol–water partition coefficient (Wildman–Crippen LogP) is 2.93. The van der Waals surface area contributed by atoms with Gasteiger partial charge in [0, 0.05) is 23.6 Å². The van der Waals surface area contributed by atoms with E-state index in [1.807, 2.05) is 6.92 Å². The lowest BCUT2D eigenvalue weighted by Crippen LogP contribution is -2.32. The summed E-state index contributed by atoms with van der Waals surface area (Å²) in [5.74, 6) is -0.105. The van der Waals surface area contributed by atoms with Gasteiger partial charge in [0.25, 0.3) is 0 Å². The van der Waals surface area contributed by atoms with E-state index in [0.717, 1.165) is 17.0 Å². The normalized spacial score (nSPS) is 15.9. The number of nitrogens with zero attached hydrogens (tertiary/aromatic N) is 2. The molecule has 1 heterocycles. The quantitative estimate of drug-likeness (QED) is 0.482. The summed E-state index contributed by atoms with van der Waals surface area (Å²) in [6, 6.07) is 13.9. The monoisotopic (exact) mass is 379 g/mol. The molecule has 136 valence electrons. The van der Waals surface area contributed by atoms with Crippen molar-refractivity contribution in [2.45, 2.75) is 13.3 Å².